The largest absolute Gasteiger partial charge is 0.497 e. The van der Waals surface area contributed by atoms with Crippen LogP contribution >= 0.6 is 11.8 Å². The van der Waals surface area contributed by atoms with Crippen molar-refractivity contribution in [1.82, 2.24) is 14.7 Å². The average molecular weight is 485 g/mol. The van der Waals surface area contributed by atoms with Crippen molar-refractivity contribution in [1.29, 1.82) is 0 Å². The summed E-state index contributed by atoms with van der Waals surface area (Å²) in [6, 6.07) is 7.59. The standard InChI is InChI=1S/C25H32N4O4S/c1-6-33-24(31)22-16(2)26-25-29(23(22)17-8-7-9-20(12-17)32-5)19(15-34-25)13-21(30)28-11-10-18(14-28)27(3)4/h7-9,12,15,18,23H,6,10-11,13-14H2,1-5H3/t18-,23+/m0/s1. The fourth-order valence-corrected chi connectivity index (χ4v) is 5.59. The number of carbonyl (C=O) groups excluding carboxylic acids is 2. The Morgan fingerprint density at radius 1 is 1.29 bits per heavy atom. The molecule has 182 valence electrons. The summed E-state index contributed by atoms with van der Waals surface area (Å²) in [4.78, 5) is 37.1. The Balaban J connectivity index is 1.66. The molecule has 1 fully saturated rings. The van der Waals surface area contributed by atoms with E-state index in [4.69, 9.17) is 14.5 Å². The van der Waals surface area contributed by atoms with E-state index in [2.05, 4.69) is 19.0 Å². The van der Waals surface area contributed by atoms with E-state index in [-0.39, 0.29) is 18.9 Å². The smallest absolute Gasteiger partial charge is 0.338 e. The molecule has 9 heteroatoms. The van der Waals surface area contributed by atoms with Crippen LogP contribution in [-0.2, 0) is 14.3 Å². The third-order valence-electron chi connectivity index (χ3n) is 6.48. The molecule has 4 rings (SSSR count). The molecule has 0 saturated carbocycles. The van der Waals surface area contributed by atoms with Crippen molar-refractivity contribution < 1.29 is 19.1 Å². The van der Waals surface area contributed by atoms with Crippen molar-refractivity contribution in [2.45, 2.75) is 38.8 Å². The van der Waals surface area contributed by atoms with Crippen molar-refractivity contribution in [3.05, 3.63) is 52.2 Å². The molecule has 3 aliphatic rings. The van der Waals surface area contributed by atoms with Crippen molar-refractivity contribution in [2.24, 2.45) is 4.99 Å². The summed E-state index contributed by atoms with van der Waals surface area (Å²) in [7, 11) is 5.72. The van der Waals surface area contributed by atoms with Gasteiger partial charge < -0.3 is 24.2 Å². The van der Waals surface area contributed by atoms with Crippen LogP contribution in [0.15, 0.2) is 51.6 Å². The molecular weight excluding hydrogens is 452 g/mol. The van der Waals surface area contributed by atoms with Gasteiger partial charge in [-0.2, -0.15) is 0 Å². The number of benzene rings is 1. The Bertz CT molecular complexity index is 1060. The van der Waals surface area contributed by atoms with E-state index in [1.165, 1.54) is 11.8 Å². The molecular formula is C25H32N4O4S. The Morgan fingerprint density at radius 3 is 2.76 bits per heavy atom. The van der Waals surface area contributed by atoms with E-state index < -0.39 is 12.0 Å². The number of amides is 1. The van der Waals surface area contributed by atoms with Crippen LogP contribution in [-0.4, -0.2) is 78.7 Å². The minimum absolute atomic E-state index is 0.0887. The molecule has 1 aromatic carbocycles. The monoisotopic (exact) mass is 484 g/mol. The highest BCUT2D eigenvalue weighted by atomic mass is 32.2. The van der Waals surface area contributed by atoms with E-state index in [0.717, 1.165) is 35.9 Å². The molecule has 3 aliphatic heterocycles. The Labute approximate surface area is 205 Å². The second-order valence-electron chi connectivity index (χ2n) is 8.81. The molecule has 0 bridgehead atoms. The first kappa shape index (κ1) is 24.3. The number of hydrogen-bond acceptors (Lipinski definition) is 8. The molecule has 1 amide bonds. The zero-order valence-electron chi connectivity index (χ0n) is 20.4. The zero-order chi connectivity index (χ0) is 24.4. The number of likely N-dealkylation sites (N-methyl/N-ethyl adjacent to an activating group) is 1. The fourth-order valence-electron chi connectivity index (χ4n) is 4.62. The fraction of sp³-hybridized carbons (Fsp3) is 0.480. The second kappa shape index (κ2) is 10.2. The molecule has 0 radical (unpaired) electrons. The van der Waals surface area contributed by atoms with Crippen LogP contribution < -0.4 is 4.74 Å². The Morgan fingerprint density at radius 2 is 2.09 bits per heavy atom. The first-order valence-electron chi connectivity index (χ1n) is 11.5. The van der Waals surface area contributed by atoms with E-state index in [1.54, 1.807) is 14.0 Å². The van der Waals surface area contributed by atoms with Gasteiger partial charge in [0, 0.05) is 24.8 Å². The third-order valence-corrected chi connectivity index (χ3v) is 7.37. The third kappa shape index (κ3) is 4.72. The van der Waals surface area contributed by atoms with Crippen LogP contribution in [0, 0.1) is 0 Å². The lowest BCUT2D eigenvalue weighted by molar-refractivity contribution is -0.139. The van der Waals surface area contributed by atoms with Crippen molar-refractivity contribution in [2.75, 3.05) is 40.9 Å². The summed E-state index contributed by atoms with van der Waals surface area (Å²) >= 11 is 1.48. The number of thioether (sulfide) groups is 1. The minimum atomic E-state index is -0.455. The molecule has 0 aromatic heterocycles. The van der Waals surface area contributed by atoms with Crippen LogP contribution in [0.1, 0.15) is 38.3 Å². The molecule has 0 spiro atoms. The summed E-state index contributed by atoms with van der Waals surface area (Å²) in [6.07, 6.45) is 1.23. The van der Waals surface area contributed by atoms with E-state index in [9.17, 15) is 9.59 Å². The lowest BCUT2D eigenvalue weighted by Gasteiger charge is -2.36. The number of ether oxygens (including phenoxy) is 2. The van der Waals surface area contributed by atoms with Crippen LogP contribution in [0.2, 0.25) is 0 Å². The summed E-state index contributed by atoms with van der Waals surface area (Å²) in [5, 5.41) is 2.74. The summed E-state index contributed by atoms with van der Waals surface area (Å²) < 4.78 is 10.9. The summed E-state index contributed by atoms with van der Waals surface area (Å²) in [5.41, 5.74) is 2.82. The van der Waals surface area contributed by atoms with Gasteiger partial charge in [0.15, 0.2) is 5.17 Å². The summed E-state index contributed by atoms with van der Waals surface area (Å²) in [5.74, 6) is 0.389. The highest BCUT2D eigenvalue weighted by Crippen LogP contribution is 2.45. The second-order valence-corrected chi connectivity index (χ2v) is 9.65. The van der Waals surface area contributed by atoms with Gasteiger partial charge in [0.1, 0.15) is 5.75 Å². The van der Waals surface area contributed by atoms with Gasteiger partial charge in [-0.25, -0.2) is 9.79 Å². The number of fused-ring (bicyclic) bond motifs is 1. The predicted octanol–water partition coefficient (Wildman–Crippen LogP) is 3.39. The van der Waals surface area contributed by atoms with Crippen LogP contribution in [0.25, 0.3) is 0 Å². The van der Waals surface area contributed by atoms with E-state index in [1.807, 2.05) is 46.4 Å². The number of hydrogen-bond donors (Lipinski definition) is 0. The summed E-state index contributed by atoms with van der Waals surface area (Å²) in [6.45, 7) is 5.39. The molecule has 1 saturated heterocycles. The first-order valence-corrected chi connectivity index (χ1v) is 12.4. The van der Waals surface area contributed by atoms with Crippen LogP contribution in [0.4, 0.5) is 0 Å². The molecule has 0 aliphatic carbocycles. The number of methoxy groups -OCH3 is 1. The molecule has 8 nitrogen and oxygen atoms in total. The highest BCUT2D eigenvalue weighted by Gasteiger charge is 2.42. The number of aliphatic imine (C=N–C) groups is 1. The van der Waals surface area contributed by atoms with Gasteiger partial charge in [0.25, 0.3) is 0 Å². The van der Waals surface area contributed by atoms with Gasteiger partial charge in [-0.15, -0.1) is 0 Å². The quantitative estimate of drug-likeness (QED) is 0.549. The highest BCUT2D eigenvalue weighted by molar-refractivity contribution is 8.16. The van der Waals surface area contributed by atoms with Gasteiger partial charge in [-0.1, -0.05) is 23.9 Å². The van der Waals surface area contributed by atoms with Gasteiger partial charge >= 0.3 is 5.97 Å². The number of rotatable bonds is 7. The molecule has 34 heavy (non-hydrogen) atoms. The first-order chi connectivity index (χ1) is 16.3. The predicted molar refractivity (Wildman–Crippen MR) is 133 cm³/mol. The SMILES string of the molecule is CCOC(=O)C1=C(C)N=C2SC=C(CC(=O)N3CC[C@H](N(C)C)C3)N2[C@@H]1c1cccc(OC)c1. The number of carbonyl (C=O) groups is 2. The molecule has 2 atom stereocenters. The topological polar surface area (TPSA) is 74.7 Å². The van der Waals surface area contributed by atoms with Crippen LogP contribution in [0.3, 0.4) is 0 Å². The number of esters is 1. The van der Waals surface area contributed by atoms with Gasteiger partial charge in [0.2, 0.25) is 5.91 Å². The number of amidine groups is 1. The van der Waals surface area contributed by atoms with E-state index >= 15 is 0 Å². The lowest BCUT2D eigenvalue weighted by atomic mass is 9.93. The molecule has 0 unspecified atom stereocenters. The molecule has 3 heterocycles. The Kier molecular flexibility index (Phi) is 7.33. The number of likely N-dealkylation sites (tertiary alicyclic amines) is 1. The number of allylic oxidation sites excluding steroid dienone is 1. The van der Waals surface area contributed by atoms with E-state index in [0.29, 0.717) is 23.1 Å². The minimum Gasteiger partial charge on any atom is -0.497 e. The maximum Gasteiger partial charge on any atom is 0.338 e. The Hall–Kier alpha value is -2.78. The van der Waals surface area contributed by atoms with Crippen LogP contribution in [0.5, 0.6) is 5.75 Å². The van der Waals surface area contributed by atoms with Gasteiger partial charge in [-0.3, -0.25) is 4.79 Å². The van der Waals surface area contributed by atoms with Crippen molar-refractivity contribution in [3.63, 3.8) is 0 Å². The van der Waals surface area contributed by atoms with Crippen molar-refractivity contribution in [3.8, 4) is 5.75 Å². The molecule has 0 N–H and O–H groups in total. The average Bonchev–Trinajstić information content (AvgIpc) is 3.46. The molecule has 1 aromatic rings. The normalized spacial score (nSPS) is 22.1. The maximum atomic E-state index is 13.2. The number of nitrogens with zero attached hydrogens (tertiary/aromatic N) is 4. The van der Waals surface area contributed by atoms with Crippen molar-refractivity contribution >= 4 is 28.8 Å². The zero-order valence-corrected chi connectivity index (χ0v) is 21.2. The van der Waals surface area contributed by atoms with Gasteiger partial charge in [0.05, 0.1) is 37.4 Å². The maximum absolute atomic E-state index is 13.2. The lowest BCUT2D eigenvalue weighted by Crippen LogP contribution is -2.39. The van der Waals surface area contributed by atoms with Gasteiger partial charge in [-0.05, 0) is 57.5 Å².